The van der Waals surface area contributed by atoms with Crippen molar-refractivity contribution in [3.05, 3.63) is 76.0 Å². The number of alkyl halides is 3. The largest absolute Gasteiger partial charge is 0.416 e. The van der Waals surface area contributed by atoms with Gasteiger partial charge in [0, 0.05) is 44.4 Å². The standard InChI is InChI=1S/C25H21F3N4O3/c1-30(2)23(34)18-11-14(13-29)7-8-17(18)22-21-19(9-10-20(21)33)32(24(35)31(22)3)16-6-4-5-15(12-16)25(26,27)28/h4-8,11-12,22H,9-10H2,1-3H3. The van der Waals surface area contributed by atoms with Crippen LogP contribution in [0, 0.1) is 11.3 Å². The van der Waals surface area contributed by atoms with E-state index in [1.54, 1.807) is 20.2 Å². The van der Waals surface area contributed by atoms with E-state index in [-0.39, 0.29) is 41.0 Å². The van der Waals surface area contributed by atoms with Gasteiger partial charge in [0.05, 0.1) is 28.9 Å². The van der Waals surface area contributed by atoms with Crippen molar-refractivity contribution in [2.24, 2.45) is 0 Å². The molecule has 4 rings (SSSR count). The third-order valence-electron chi connectivity index (χ3n) is 6.17. The second kappa shape index (κ2) is 8.58. The third-order valence-corrected chi connectivity index (χ3v) is 6.17. The highest BCUT2D eigenvalue weighted by atomic mass is 19.4. The summed E-state index contributed by atoms with van der Waals surface area (Å²) in [5.41, 5.74) is 0.424. The first-order valence-electron chi connectivity index (χ1n) is 10.7. The lowest BCUT2D eigenvalue weighted by Gasteiger charge is -2.41. The first kappa shape index (κ1) is 24.0. The van der Waals surface area contributed by atoms with Crippen LogP contribution in [0.4, 0.5) is 23.7 Å². The molecule has 0 radical (unpaired) electrons. The van der Waals surface area contributed by atoms with Crippen LogP contribution in [0.1, 0.15) is 45.9 Å². The number of halogens is 3. The lowest BCUT2D eigenvalue weighted by molar-refractivity contribution is -0.137. The van der Waals surface area contributed by atoms with Gasteiger partial charge in [0.15, 0.2) is 5.78 Å². The summed E-state index contributed by atoms with van der Waals surface area (Å²) in [4.78, 5) is 43.2. The molecule has 1 unspecified atom stereocenters. The molecule has 0 aromatic heterocycles. The second-order valence-electron chi connectivity index (χ2n) is 8.58. The molecule has 2 aliphatic rings. The summed E-state index contributed by atoms with van der Waals surface area (Å²) in [5.74, 6) is -0.667. The molecule has 0 N–H and O–H groups in total. The first-order valence-corrected chi connectivity index (χ1v) is 10.7. The van der Waals surface area contributed by atoms with E-state index in [2.05, 4.69) is 0 Å². The quantitative estimate of drug-likeness (QED) is 0.645. The fourth-order valence-corrected chi connectivity index (χ4v) is 4.52. The fraction of sp³-hybridized carbons (Fsp3) is 0.280. The van der Waals surface area contributed by atoms with E-state index in [0.29, 0.717) is 11.3 Å². The summed E-state index contributed by atoms with van der Waals surface area (Å²) in [6.45, 7) is 0. The van der Waals surface area contributed by atoms with Crippen LogP contribution in [0.2, 0.25) is 0 Å². The first-order chi connectivity index (χ1) is 16.5. The lowest BCUT2D eigenvalue weighted by Crippen LogP contribution is -2.48. The molecule has 0 spiro atoms. The van der Waals surface area contributed by atoms with Gasteiger partial charge in [0.25, 0.3) is 5.91 Å². The summed E-state index contributed by atoms with van der Waals surface area (Å²) < 4.78 is 40.0. The highest BCUT2D eigenvalue weighted by Gasteiger charge is 2.46. The van der Waals surface area contributed by atoms with Crippen molar-refractivity contribution in [3.8, 4) is 6.07 Å². The van der Waals surface area contributed by atoms with E-state index in [0.717, 1.165) is 17.0 Å². The van der Waals surface area contributed by atoms with E-state index in [1.807, 2.05) is 6.07 Å². The van der Waals surface area contributed by atoms with E-state index >= 15 is 0 Å². The van der Waals surface area contributed by atoms with Gasteiger partial charge in [0.2, 0.25) is 0 Å². The van der Waals surface area contributed by atoms with Gasteiger partial charge in [-0.15, -0.1) is 0 Å². The van der Waals surface area contributed by atoms with Gasteiger partial charge in [-0.3, -0.25) is 14.5 Å². The SMILES string of the molecule is CN(C)C(=O)c1cc(C#N)ccc1C1C2=C(CCC2=O)N(c2cccc(C(F)(F)F)c2)C(=O)N1C. The number of hydrogen-bond acceptors (Lipinski definition) is 4. The molecule has 3 amide bonds. The van der Waals surface area contributed by atoms with Crippen LogP contribution < -0.4 is 4.90 Å². The van der Waals surface area contributed by atoms with Gasteiger partial charge >= 0.3 is 12.2 Å². The number of nitrogens with zero attached hydrogens (tertiary/aromatic N) is 4. The number of carbonyl (C=O) groups excluding carboxylic acids is 3. The lowest BCUT2D eigenvalue weighted by atomic mass is 9.88. The predicted octanol–water partition coefficient (Wildman–Crippen LogP) is 4.51. The fourth-order valence-electron chi connectivity index (χ4n) is 4.52. The summed E-state index contributed by atoms with van der Waals surface area (Å²) in [6.07, 6.45) is -4.34. The topological polar surface area (TPSA) is 84.7 Å². The molecule has 2 aromatic rings. The predicted molar refractivity (Wildman–Crippen MR) is 120 cm³/mol. The van der Waals surface area contributed by atoms with Crippen molar-refractivity contribution in [1.29, 1.82) is 5.26 Å². The zero-order valence-electron chi connectivity index (χ0n) is 19.2. The average Bonchev–Trinajstić information content (AvgIpc) is 3.19. The van der Waals surface area contributed by atoms with Gasteiger partial charge in [-0.25, -0.2) is 4.79 Å². The molecule has 0 bridgehead atoms. The molecule has 7 nitrogen and oxygen atoms in total. The zero-order valence-corrected chi connectivity index (χ0v) is 19.2. The van der Waals surface area contributed by atoms with Gasteiger partial charge in [-0.1, -0.05) is 12.1 Å². The number of anilines is 1. The Hall–Kier alpha value is -4.13. The third kappa shape index (κ3) is 4.03. The Balaban J connectivity index is 1.92. The second-order valence-corrected chi connectivity index (χ2v) is 8.58. The van der Waals surface area contributed by atoms with Crippen molar-refractivity contribution >= 4 is 23.4 Å². The molecular weight excluding hydrogens is 461 g/mol. The van der Waals surface area contributed by atoms with E-state index in [1.165, 1.54) is 41.1 Å². The van der Waals surface area contributed by atoms with Gasteiger partial charge in [0.1, 0.15) is 0 Å². The molecule has 0 saturated carbocycles. The number of amides is 3. The Bertz CT molecular complexity index is 1320. The summed E-state index contributed by atoms with van der Waals surface area (Å²) >= 11 is 0. The van der Waals surface area contributed by atoms with Crippen LogP contribution in [0.5, 0.6) is 0 Å². The molecule has 0 saturated heterocycles. The number of urea groups is 1. The number of Topliss-reactive ketones (excluding diaryl/α,β-unsaturated/α-hetero) is 1. The van der Waals surface area contributed by atoms with Gasteiger partial charge in [-0.05, 0) is 42.3 Å². The number of carbonyl (C=O) groups is 3. The molecule has 1 aliphatic carbocycles. The molecule has 10 heteroatoms. The number of likely N-dealkylation sites (N-methyl/N-ethyl adjacent to an activating group) is 1. The minimum atomic E-state index is -4.60. The maximum Gasteiger partial charge on any atom is 0.416 e. The van der Waals surface area contributed by atoms with Crippen LogP contribution in [0.15, 0.2) is 53.7 Å². The minimum Gasteiger partial charge on any atom is -0.345 e. The van der Waals surface area contributed by atoms with Crippen LogP contribution in [0.25, 0.3) is 0 Å². The molecule has 1 atom stereocenters. The van der Waals surface area contributed by atoms with E-state index < -0.39 is 29.7 Å². The maximum absolute atomic E-state index is 13.5. The molecule has 1 heterocycles. The van der Waals surface area contributed by atoms with Crippen molar-refractivity contribution in [3.63, 3.8) is 0 Å². The van der Waals surface area contributed by atoms with Crippen LogP contribution in [-0.4, -0.2) is 48.7 Å². The normalized spacial score (nSPS) is 18.0. The number of benzene rings is 2. The number of allylic oxidation sites excluding steroid dienone is 1. The highest BCUT2D eigenvalue weighted by Crippen LogP contribution is 2.45. The number of hydrogen-bond donors (Lipinski definition) is 0. The summed E-state index contributed by atoms with van der Waals surface area (Å²) in [6, 6.07) is 9.26. The van der Waals surface area contributed by atoms with Crippen molar-refractivity contribution in [2.45, 2.75) is 25.1 Å². The molecular formula is C25H21F3N4O3. The van der Waals surface area contributed by atoms with E-state index in [4.69, 9.17) is 0 Å². The Kier molecular flexibility index (Phi) is 5.88. The molecule has 0 fully saturated rings. The summed E-state index contributed by atoms with van der Waals surface area (Å²) in [5, 5.41) is 9.32. The molecule has 35 heavy (non-hydrogen) atoms. The van der Waals surface area contributed by atoms with Crippen LogP contribution in [-0.2, 0) is 11.0 Å². The summed E-state index contributed by atoms with van der Waals surface area (Å²) in [7, 11) is 4.52. The highest BCUT2D eigenvalue weighted by molar-refractivity contribution is 6.09. The zero-order chi connectivity index (χ0) is 25.7. The van der Waals surface area contributed by atoms with Crippen molar-refractivity contribution in [1.82, 2.24) is 9.80 Å². The van der Waals surface area contributed by atoms with Crippen LogP contribution >= 0.6 is 0 Å². The Morgan fingerprint density at radius 2 is 1.83 bits per heavy atom. The van der Waals surface area contributed by atoms with Gasteiger partial charge < -0.3 is 9.80 Å². The van der Waals surface area contributed by atoms with Crippen molar-refractivity contribution in [2.75, 3.05) is 26.0 Å². The Labute approximate surface area is 199 Å². The monoisotopic (exact) mass is 482 g/mol. The Morgan fingerprint density at radius 1 is 1.11 bits per heavy atom. The molecule has 1 aliphatic heterocycles. The number of rotatable bonds is 3. The smallest absolute Gasteiger partial charge is 0.345 e. The number of nitriles is 1. The molecule has 180 valence electrons. The maximum atomic E-state index is 13.5. The van der Waals surface area contributed by atoms with Crippen molar-refractivity contribution < 1.29 is 27.6 Å². The Morgan fingerprint density at radius 3 is 2.46 bits per heavy atom. The number of ketones is 1. The van der Waals surface area contributed by atoms with Gasteiger partial charge in [-0.2, -0.15) is 18.4 Å². The molecule has 2 aromatic carbocycles. The van der Waals surface area contributed by atoms with Crippen LogP contribution in [0.3, 0.4) is 0 Å². The average molecular weight is 482 g/mol. The minimum absolute atomic E-state index is 0.00162. The van der Waals surface area contributed by atoms with E-state index in [9.17, 15) is 32.8 Å².